The summed E-state index contributed by atoms with van der Waals surface area (Å²) in [7, 11) is 1.62. The number of methoxy groups -OCH3 is 1. The van der Waals surface area contributed by atoms with Crippen molar-refractivity contribution in [3.8, 4) is 0 Å². The molecule has 0 saturated carbocycles. The van der Waals surface area contributed by atoms with Gasteiger partial charge in [-0.3, -0.25) is 9.69 Å². The number of nitrogens with one attached hydrogen (secondary N) is 1. The first-order valence-corrected chi connectivity index (χ1v) is 8.39. The van der Waals surface area contributed by atoms with Gasteiger partial charge in [0.2, 0.25) is 0 Å². The maximum Gasteiger partial charge on any atom is 0.325 e. The van der Waals surface area contributed by atoms with Crippen molar-refractivity contribution in [3.63, 3.8) is 0 Å². The van der Waals surface area contributed by atoms with Crippen molar-refractivity contribution in [1.29, 1.82) is 0 Å². The monoisotopic (exact) mass is 355 g/mol. The molecule has 1 aliphatic rings. The van der Waals surface area contributed by atoms with Crippen LogP contribution in [0, 0.1) is 0 Å². The van der Waals surface area contributed by atoms with Crippen LogP contribution in [0.2, 0.25) is 0 Å². The van der Waals surface area contributed by atoms with Gasteiger partial charge in [0.1, 0.15) is 6.04 Å². The van der Waals surface area contributed by atoms with Crippen molar-refractivity contribution >= 4 is 18.0 Å². The van der Waals surface area contributed by atoms with E-state index in [4.69, 9.17) is 4.74 Å². The zero-order valence-electron chi connectivity index (χ0n) is 14.5. The van der Waals surface area contributed by atoms with Crippen molar-refractivity contribution in [2.24, 2.45) is 0 Å². The van der Waals surface area contributed by atoms with Crippen LogP contribution in [-0.2, 0) is 22.5 Å². The van der Waals surface area contributed by atoms with Crippen LogP contribution in [0.25, 0.3) is 6.08 Å². The third-order valence-electron chi connectivity index (χ3n) is 4.03. The summed E-state index contributed by atoms with van der Waals surface area (Å²) in [4.78, 5) is 25.8. The molecular formula is C18H21N5O3. The molecule has 0 aliphatic carbocycles. The van der Waals surface area contributed by atoms with Gasteiger partial charge >= 0.3 is 6.03 Å². The molecule has 1 aliphatic heterocycles. The zero-order valence-corrected chi connectivity index (χ0v) is 14.5. The number of aromatic nitrogens is 3. The topological polar surface area (TPSA) is 89.4 Å². The normalized spacial score (nSPS) is 17.3. The Labute approximate surface area is 151 Å². The minimum Gasteiger partial charge on any atom is -0.383 e. The maximum absolute atomic E-state index is 12.5. The van der Waals surface area contributed by atoms with Crippen LogP contribution in [0.4, 0.5) is 4.79 Å². The number of carbonyl (C=O) groups excluding carboxylic acids is 2. The number of amides is 3. The Morgan fingerprint density at radius 3 is 2.85 bits per heavy atom. The van der Waals surface area contributed by atoms with Crippen molar-refractivity contribution in [2.75, 3.05) is 20.3 Å². The molecule has 1 N–H and O–H groups in total. The number of nitrogens with zero attached hydrogens (tertiary/aromatic N) is 4. The largest absolute Gasteiger partial charge is 0.383 e. The maximum atomic E-state index is 12.5. The van der Waals surface area contributed by atoms with Crippen LogP contribution in [0.5, 0.6) is 0 Å². The second-order valence-electron chi connectivity index (χ2n) is 5.93. The first-order chi connectivity index (χ1) is 12.7. The standard InChI is InChI=1S/C18H21N5O3/c1-26-11-10-22-13-15(20-21-22)12-16-17(24)23(18(25)19-16)9-5-8-14-6-3-2-4-7-14/h2-8,13,16H,9-12H2,1H3,(H,19,25)/b8-5+. The molecule has 0 radical (unpaired) electrons. The summed E-state index contributed by atoms with van der Waals surface area (Å²) >= 11 is 0. The molecule has 3 rings (SSSR count). The average molecular weight is 355 g/mol. The molecular weight excluding hydrogens is 334 g/mol. The molecule has 1 aromatic carbocycles. The number of benzene rings is 1. The highest BCUT2D eigenvalue weighted by Gasteiger charge is 2.37. The van der Waals surface area contributed by atoms with Crippen molar-refractivity contribution in [1.82, 2.24) is 25.2 Å². The SMILES string of the molecule is COCCn1cc(CC2NC(=O)N(C/C=C/c3ccccc3)C2=O)nn1. The molecule has 0 bridgehead atoms. The zero-order chi connectivity index (χ0) is 18.4. The highest BCUT2D eigenvalue weighted by molar-refractivity contribution is 6.04. The minimum atomic E-state index is -0.611. The Morgan fingerprint density at radius 2 is 2.08 bits per heavy atom. The molecule has 3 amide bonds. The van der Waals surface area contributed by atoms with Gasteiger partial charge in [-0.05, 0) is 5.56 Å². The first-order valence-electron chi connectivity index (χ1n) is 8.39. The van der Waals surface area contributed by atoms with E-state index in [0.29, 0.717) is 25.3 Å². The quantitative estimate of drug-likeness (QED) is 0.716. The summed E-state index contributed by atoms with van der Waals surface area (Å²) < 4.78 is 6.64. The van der Waals surface area contributed by atoms with E-state index in [2.05, 4.69) is 15.6 Å². The Morgan fingerprint density at radius 1 is 1.27 bits per heavy atom. The Hall–Kier alpha value is -3.00. The predicted molar refractivity (Wildman–Crippen MR) is 95.1 cm³/mol. The van der Waals surface area contributed by atoms with Crippen LogP contribution in [0.15, 0.2) is 42.6 Å². The van der Waals surface area contributed by atoms with E-state index >= 15 is 0 Å². The molecule has 1 fully saturated rings. The summed E-state index contributed by atoms with van der Waals surface area (Å²) in [6.45, 7) is 1.35. The third-order valence-corrected chi connectivity index (χ3v) is 4.03. The number of urea groups is 1. The van der Waals surface area contributed by atoms with Gasteiger partial charge in [-0.15, -0.1) is 5.10 Å². The molecule has 0 spiro atoms. The lowest BCUT2D eigenvalue weighted by atomic mass is 10.1. The molecule has 1 unspecified atom stereocenters. The van der Waals surface area contributed by atoms with Gasteiger partial charge in [0.25, 0.3) is 5.91 Å². The van der Waals surface area contributed by atoms with E-state index in [1.807, 2.05) is 36.4 Å². The number of carbonyl (C=O) groups is 2. The number of imide groups is 1. The fourth-order valence-electron chi connectivity index (χ4n) is 2.68. The number of hydrogen-bond donors (Lipinski definition) is 1. The van der Waals surface area contributed by atoms with E-state index in [0.717, 1.165) is 5.56 Å². The van der Waals surface area contributed by atoms with Crippen molar-refractivity contribution in [2.45, 2.75) is 19.0 Å². The van der Waals surface area contributed by atoms with Gasteiger partial charge in [-0.1, -0.05) is 47.7 Å². The van der Waals surface area contributed by atoms with Crippen LogP contribution in [0.1, 0.15) is 11.3 Å². The van der Waals surface area contributed by atoms with Crippen molar-refractivity contribution in [3.05, 3.63) is 53.9 Å². The minimum absolute atomic E-state index is 0.233. The first kappa shape index (κ1) is 17.8. The average Bonchev–Trinajstić information content (AvgIpc) is 3.20. The summed E-state index contributed by atoms with van der Waals surface area (Å²) in [5, 5.41) is 10.7. The Bertz CT molecular complexity index is 787. The number of hydrogen-bond acceptors (Lipinski definition) is 5. The highest BCUT2D eigenvalue weighted by Crippen LogP contribution is 2.11. The molecule has 8 heteroatoms. The fourth-order valence-corrected chi connectivity index (χ4v) is 2.68. The predicted octanol–water partition coefficient (Wildman–Crippen LogP) is 1.10. The molecule has 8 nitrogen and oxygen atoms in total. The van der Waals surface area contributed by atoms with Gasteiger partial charge < -0.3 is 10.1 Å². The molecule has 2 aromatic rings. The van der Waals surface area contributed by atoms with Crippen LogP contribution < -0.4 is 5.32 Å². The molecule has 1 atom stereocenters. The number of rotatable bonds is 8. The van der Waals surface area contributed by atoms with Gasteiger partial charge in [-0.2, -0.15) is 0 Å². The number of ether oxygens (including phenoxy) is 1. The van der Waals surface area contributed by atoms with Crippen molar-refractivity contribution < 1.29 is 14.3 Å². The summed E-state index contributed by atoms with van der Waals surface area (Å²) in [6, 6.07) is 8.72. The highest BCUT2D eigenvalue weighted by atomic mass is 16.5. The summed E-state index contributed by atoms with van der Waals surface area (Å²) in [5.74, 6) is -0.251. The second-order valence-corrected chi connectivity index (χ2v) is 5.93. The van der Waals surface area contributed by atoms with Crippen LogP contribution >= 0.6 is 0 Å². The van der Waals surface area contributed by atoms with Crippen LogP contribution in [0.3, 0.4) is 0 Å². The third kappa shape index (κ3) is 4.34. The lowest BCUT2D eigenvalue weighted by Gasteiger charge is -2.09. The summed E-state index contributed by atoms with van der Waals surface area (Å²) in [5.41, 5.74) is 1.67. The van der Waals surface area contributed by atoms with Gasteiger partial charge in [0.15, 0.2) is 0 Å². The Balaban J connectivity index is 1.56. The molecule has 2 heterocycles. The molecule has 1 saturated heterocycles. The van der Waals surface area contributed by atoms with Gasteiger partial charge in [-0.25, -0.2) is 9.48 Å². The molecule has 136 valence electrons. The van der Waals surface area contributed by atoms with E-state index in [9.17, 15) is 9.59 Å². The Kier molecular flexibility index (Phi) is 5.75. The fraction of sp³-hybridized carbons (Fsp3) is 0.333. The lowest BCUT2D eigenvalue weighted by molar-refractivity contribution is -0.127. The molecule has 1 aromatic heterocycles. The second kappa shape index (κ2) is 8.39. The van der Waals surface area contributed by atoms with E-state index < -0.39 is 6.04 Å². The van der Waals surface area contributed by atoms with E-state index in [-0.39, 0.29) is 18.5 Å². The van der Waals surface area contributed by atoms with Crippen LogP contribution in [-0.4, -0.2) is 58.1 Å². The van der Waals surface area contributed by atoms with Gasteiger partial charge in [0.05, 0.1) is 18.8 Å². The lowest BCUT2D eigenvalue weighted by Crippen LogP contribution is -2.32. The van der Waals surface area contributed by atoms with Gasteiger partial charge in [0, 0.05) is 26.3 Å². The smallest absolute Gasteiger partial charge is 0.325 e. The van der Waals surface area contributed by atoms with E-state index in [1.165, 1.54) is 4.90 Å². The van der Waals surface area contributed by atoms with E-state index in [1.54, 1.807) is 24.1 Å². The summed E-state index contributed by atoms with van der Waals surface area (Å²) in [6.07, 6.45) is 5.76. The molecule has 26 heavy (non-hydrogen) atoms.